The number of aromatic nitrogens is 2. The molecule has 106 valence electrons. The van der Waals surface area contributed by atoms with Gasteiger partial charge in [0, 0.05) is 17.6 Å². The number of carbonyl (C=O) groups is 2. The zero-order valence-corrected chi connectivity index (χ0v) is 11.8. The molecule has 1 unspecified atom stereocenters. The summed E-state index contributed by atoms with van der Waals surface area (Å²) in [4.78, 5) is 23.8. The number of amides is 1. The second kappa shape index (κ2) is 6.33. The van der Waals surface area contributed by atoms with Crippen LogP contribution in [-0.2, 0) is 11.3 Å². The third-order valence-electron chi connectivity index (χ3n) is 2.79. The minimum Gasteiger partial charge on any atom is -0.481 e. The van der Waals surface area contributed by atoms with Crippen LogP contribution in [0.15, 0.2) is 29.9 Å². The number of hydrogen-bond donors (Lipinski definition) is 2. The fourth-order valence-electron chi connectivity index (χ4n) is 1.78. The standard InChI is InChI=1S/C13H15N3O3S/c1-2-16-8-9(7-14-16)13(19)15-10(6-12(17)18)11-4-3-5-20-11/h3-5,7-8,10H,2,6H2,1H3,(H,15,19)(H,17,18). The molecule has 0 aliphatic carbocycles. The molecule has 1 amide bonds. The molecular weight excluding hydrogens is 278 g/mol. The topological polar surface area (TPSA) is 84.2 Å². The van der Waals surface area contributed by atoms with Crippen LogP contribution in [0.3, 0.4) is 0 Å². The lowest BCUT2D eigenvalue weighted by Gasteiger charge is -2.14. The third kappa shape index (κ3) is 3.45. The second-order valence-electron chi connectivity index (χ2n) is 4.22. The molecule has 2 rings (SSSR count). The molecule has 0 aliphatic heterocycles. The van der Waals surface area contributed by atoms with Crippen molar-refractivity contribution in [1.82, 2.24) is 15.1 Å². The van der Waals surface area contributed by atoms with Gasteiger partial charge in [0.05, 0.1) is 24.2 Å². The van der Waals surface area contributed by atoms with Crippen molar-refractivity contribution in [1.29, 1.82) is 0 Å². The Bertz CT molecular complexity index is 592. The summed E-state index contributed by atoms with van der Waals surface area (Å²) in [6.45, 7) is 2.60. The summed E-state index contributed by atoms with van der Waals surface area (Å²) in [5.74, 6) is -1.27. The first kappa shape index (κ1) is 14.3. The molecule has 0 aromatic carbocycles. The van der Waals surface area contributed by atoms with Crippen LogP contribution >= 0.6 is 11.3 Å². The van der Waals surface area contributed by atoms with Crippen molar-refractivity contribution < 1.29 is 14.7 Å². The molecule has 7 heteroatoms. The minimum atomic E-state index is -0.951. The highest BCUT2D eigenvalue weighted by atomic mass is 32.1. The van der Waals surface area contributed by atoms with Crippen LogP contribution in [0, 0.1) is 0 Å². The molecule has 0 radical (unpaired) electrons. The summed E-state index contributed by atoms with van der Waals surface area (Å²) < 4.78 is 1.65. The molecule has 0 fully saturated rings. The van der Waals surface area contributed by atoms with Gasteiger partial charge in [-0.05, 0) is 18.4 Å². The van der Waals surface area contributed by atoms with Crippen molar-refractivity contribution in [3.05, 3.63) is 40.3 Å². The third-order valence-corrected chi connectivity index (χ3v) is 3.78. The maximum absolute atomic E-state index is 12.1. The number of nitrogens with one attached hydrogen (secondary N) is 1. The van der Waals surface area contributed by atoms with E-state index >= 15 is 0 Å². The largest absolute Gasteiger partial charge is 0.481 e. The SMILES string of the molecule is CCn1cc(C(=O)NC(CC(=O)O)c2cccs2)cn1. The molecule has 1 atom stereocenters. The molecule has 20 heavy (non-hydrogen) atoms. The maximum Gasteiger partial charge on any atom is 0.305 e. The predicted octanol–water partition coefficient (Wildman–Crippen LogP) is 1.91. The molecule has 2 heterocycles. The van der Waals surface area contributed by atoms with E-state index in [9.17, 15) is 9.59 Å². The van der Waals surface area contributed by atoms with Crippen molar-refractivity contribution in [2.24, 2.45) is 0 Å². The van der Waals surface area contributed by atoms with Gasteiger partial charge in [-0.15, -0.1) is 11.3 Å². The summed E-state index contributed by atoms with van der Waals surface area (Å²) in [5.41, 5.74) is 0.429. The number of carboxylic acid groups (broad SMARTS) is 1. The molecule has 2 aromatic rings. The van der Waals surface area contributed by atoms with Gasteiger partial charge in [-0.2, -0.15) is 5.10 Å². The molecule has 0 saturated carbocycles. The second-order valence-corrected chi connectivity index (χ2v) is 5.20. The predicted molar refractivity (Wildman–Crippen MR) is 74.7 cm³/mol. The van der Waals surface area contributed by atoms with E-state index in [1.807, 2.05) is 24.4 Å². The summed E-state index contributed by atoms with van der Waals surface area (Å²) >= 11 is 1.42. The number of aliphatic carboxylic acids is 1. The van der Waals surface area contributed by atoms with E-state index in [-0.39, 0.29) is 12.3 Å². The van der Waals surface area contributed by atoms with Crippen molar-refractivity contribution in [2.45, 2.75) is 25.9 Å². The van der Waals surface area contributed by atoms with Gasteiger partial charge in [0.25, 0.3) is 5.91 Å². The van der Waals surface area contributed by atoms with Gasteiger partial charge >= 0.3 is 5.97 Å². The summed E-state index contributed by atoms with van der Waals surface area (Å²) in [7, 11) is 0. The van der Waals surface area contributed by atoms with Crippen molar-refractivity contribution in [2.75, 3.05) is 0 Å². The van der Waals surface area contributed by atoms with E-state index in [0.717, 1.165) is 4.88 Å². The number of carboxylic acids is 1. The average Bonchev–Trinajstić information content (AvgIpc) is 3.08. The first-order valence-electron chi connectivity index (χ1n) is 6.18. The van der Waals surface area contributed by atoms with Crippen LogP contribution in [0.4, 0.5) is 0 Å². The average molecular weight is 293 g/mol. The van der Waals surface area contributed by atoms with Gasteiger partial charge < -0.3 is 10.4 Å². The monoisotopic (exact) mass is 293 g/mol. The smallest absolute Gasteiger partial charge is 0.305 e. The van der Waals surface area contributed by atoms with E-state index in [0.29, 0.717) is 12.1 Å². The number of rotatable bonds is 6. The Morgan fingerprint density at radius 3 is 2.90 bits per heavy atom. The van der Waals surface area contributed by atoms with Crippen molar-refractivity contribution in [3.63, 3.8) is 0 Å². The number of carbonyl (C=O) groups excluding carboxylic acids is 1. The highest BCUT2D eigenvalue weighted by Crippen LogP contribution is 2.22. The highest BCUT2D eigenvalue weighted by molar-refractivity contribution is 7.10. The first-order valence-corrected chi connectivity index (χ1v) is 7.06. The van der Waals surface area contributed by atoms with Gasteiger partial charge in [0.1, 0.15) is 0 Å². The zero-order chi connectivity index (χ0) is 14.5. The summed E-state index contributed by atoms with van der Waals surface area (Å²) in [6, 6.07) is 3.12. The van der Waals surface area contributed by atoms with E-state index in [1.165, 1.54) is 17.5 Å². The summed E-state index contributed by atoms with van der Waals surface area (Å²) in [5, 5.41) is 17.6. The lowest BCUT2D eigenvalue weighted by molar-refractivity contribution is -0.137. The quantitative estimate of drug-likeness (QED) is 0.852. The number of aryl methyl sites for hydroxylation is 1. The van der Waals surface area contributed by atoms with E-state index in [4.69, 9.17) is 5.11 Å². The summed E-state index contributed by atoms with van der Waals surface area (Å²) in [6.07, 6.45) is 2.97. The molecule has 0 bridgehead atoms. The van der Waals surface area contributed by atoms with Gasteiger partial charge in [-0.25, -0.2) is 0 Å². The Kier molecular flexibility index (Phi) is 4.52. The maximum atomic E-state index is 12.1. The molecule has 0 aliphatic rings. The van der Waals surface area contributed by atoms with Gasteiger partial charge in [-0.1, -0.05) is 6.07 Å². The van der Waals surface area contributed by atoms with Crippen LogP contribution in [-0.4, -0.2) is 26.8 Å². The normalized spacial score (nSPS) is 12.1. The van der Waals surface area contributed by atoms with Crippen LogP contribution in [0.5, 0.6) is 0 Å². The van der Waals surface area contributed by atoms with E-state index < -0.39 is 12.0 Å². The van der Waals surface area contributed by atoms with Gasteiger partial charge in [-0.3, -0.25) is 14.3 Å². The number of hydrogen-bond acceptors (Lipinski definition) is 4. The molecular formula is C13H15N3O3S. The van der Waals surface area contributed by atoms with Crippen LogP contribution in [0.1, 0.15) is 34.6 Å². The first-order chi connectivity index (χ1) is 9.60. The molecule has 2 aromatic heterocycles. The Morgan fingerprint density at radius 2 is 2.35 bits per heavy atom. The number of nitrogens with zero attached hydrogens (tertiary/aromatic N) is 2. The van der Waals surface area contributed by atoms with Crippen molar-refractivity contribution in [3.8, 4) is 0 Å². The lowest BCUT2D eigenvalue weighted by atomic mass is 10.1. The molecule has 2 N–H and O–H groups in total. The Hall–Kier alpha value is -2.15. The lowest BCUT2D eigenvalue weighted by Crippen LogP contribution is -2.29. The minimum absolute atomic E-state index is 0.145. The fraction of sp³-hybridized carbons (Fsp3) is 0.308. The Balaban J connectivity index is 2.11. The molecule has 6 nitrogen and oxygen atoms in total. The molecule has 0 saturated heterocycles. The molecule has 0 spiro atoms. The van der Waals surface area contributed by atoms with Crippen LogP contribution in [0.2, 0.25) is 0 Å². The van der Waals surface area contributed by atoms with Gasteiger partial charge in [0.2, 0.25) is 0 Å². The zero-order valence-electron chi connectivity index (χ0n) is 10.9. The van der Waals surface area contributed by atoms with Crippen molar-refractivity contribution >= 4 is 23.2 Å². The Morgan fingerprint density at radius 1 is 1.55 bits per heavy atom. The van der Waals surface area contributed by atoms with Crippen LogP contribution < -0.4 is 5.32 Å². The van der Waals surface area contributed by atoms with E-state index in [2.05, 4.69) is 10.4 Å². The van der Waals surface area contributed by atoms with Gasteiger partial charge in [0.15, 0.2) is 0 Å². The van der Waals surface area contributed by atoms with E-state index in [1.54, 1.807) is 10.9 Å². The number of thiophene rings is 1. The Labute approximate surface area is 120 Å². The van der Waals surface area contributed by atoms with Crippen LogP contribution in [0.25, 0.3) is 0 Å². The highest BCUT2D eigenvalue weighted by Gasteiger charge is 2.20. The fourth-order valence-corrected chi connectivity index (χ4v) is 2.56.